The van der Waals surface area contributed by atoms with Gasteiger partial charge in [-0.25, -0.2) is 18.1 Å². The molecule has 2 aromatic rings. The summed E-state index contributed by atoms with van der Waals surface area (Å²) in [7, 11) is -3.69. The van der Waals surface area contributed by atoms with E-state index >= 15 is 0 Å². The second-order valence-electron chi connectivity index (χ2n) is 3.94. The molecular formula is C10H13N5O4S. The molecular weight excluding hydrogens is 286 g/mol. The number of aromatic amines is 1. The van der Waals surface area contributed by atoms with E-state index in [1.54, 1.807) is 6.20 Å². The van der Waals surface area contributed by atoms with E-state index in [0.717, 1.165) is 0 Å². The highest BCUT2D eigenvalue weighted by Gasteiger charge is 2.16. The standard InChI is InChI=1S/C10H13N5O4S/c16-10(17)1-4-15-7-8(5-13-15)20(18,19)14-6-9-11-2-3-12-9/h2-3,5,7,14H,1,4,6H2,(H,11,12)(H,16,17). The third-order valence-corrected chi connectivity index (χ3v) is 3.81. The molecule has 2 rings (SSSR count). The van der Waals surface area contributed by atoms with Crippen molar-refractivity contribution in [1.82, 2.24) is 24.5 Å². The van der Waals surface area contributed by atoms with E-state index in [-0.39, 0.29) is 24.4 Å². The first-order valence-electron chi connectivity index (χ1n) is 5.69. The van der Waals surface area contributed by atoms with E-state index in [0.29, 0.717) is 5.82 Å². The molecule has 0 bridgehead atoms. The van der Waals surface area contributed by atoms with E-state index < -0.39 is 16.0 Å². The fraction of sp³-hybridized carbons (Fsp3) is 0.300. The largest absolute Gasteiger partial charge is 0.481 e. The van der Waals surface area contributed by atoms with Crippen molar-refractivity contribution in [3.63, 3.8) is 0 Å². The highest BCUT2D eigenvalue weighted by Crippen LogP contribution is 2.07. The topological polar surface area (TPSA) is 130 Å². The van der Waals surface area contributed by atoms with Gasteiger partial charge in [0.1, 0.15) is 10.7 Å². The van der Waals surface area contributed by atoms with Gasteiger partial charge in [0.2, 0.25) is 10.0 Å². The minimum absolute atomic E-state index is 0.0190. The van der Waals surface area contributed by atoms with Gasteiger partial charge in [0.25, 0.3) is 0 Å². The molecule has 0 saturated carbocycles. The number of sulfonamides is 1. The molecule has 2 heterocycles. The Morgan fingerprint density at radius 2 is 2.30 bits per heavy atom. The Kier molecular flexibility index (Phi) is 4.15. The summed E-state index contributed by atoms with van der Waals surface area (Å²) in [4.78, 5) is 17.1. The van der Waals surface area contributed by atoms with Gasteiger partial charge in [0.15, 0.2) is 0 Å². The lowest BCUT2D eigenvalue weighted by Crippen LogP contribution is -2.23. The SMILES string of the molecule is O=C(O)CCn1cc(S(=O)(=O)NCc2ncc[nH]2)cn1. The Morgan fingerprint density at radius 3 is 2.95 bits per heavy atom. The molecule has 0 saturated heterocycles. The molecule has 0 aliphatic heterocycles. The van der Waals surface area contributed by atoms with Gasteiger partial charge < -0.3 is 10.1 Å². The van der Waals surface area contributed by atoms with Gasteiger partial charge in [-0.1, -0.05) is 0 Å². The summed E-state index contributed by atoms with van der Waals surface area (Å²) in [5.41, 5.74) is 0. The van der Waals surface area contributed by atoms with Crippen LogP contribution in [0.3, 0.4) is 0 Å². The molecule has 0 aromatic carbocycles. The van der Waals surface area contributed by atoms with Crippen molar-refractivity contribution >= 4 is 16.0 Å². The van der Waals surface area contributed by atoms with Gasteiger partial charge in [-0.2, -0.15) is 5.10 Å². The number of hydrogen-bond acceptors (Lipinski definition) is 5. The van der Waals surface area contributed by atoms with Crippen molar-refractivity contribution in [2.75, 3.05) is 0 Å². The highest BCUT2D eigenvalue weighted by atomic mass is 32.2. The molecule has 0 aliphatic rings. The molecule has 0 spiro atoms. The molecule has 10 heteroatoms. The fourth-order valence-electron chi connectivity index (χ4n) is 1.46. The number of imidazole rings is 1. The van der Waals surface area contributed by atoms with Crippen molar-refractivity contribution in [3.8, 4) is 0 Å². The van der Waals surface area contributed by atoms with Crippen LogP contribution in [0.25, 0.3) is 0 Å². The smallest absolute Gasteiger partial charge is 0.305 e. The molecule has 0 aliphatic carbocycles. The van der Waals surface area contributed by atoms with Crippen molar-refractivity contribution in [1.29, 1.82) is 0 Å². The zero-order chi connectivity index (χ0) is 14.6. The van der Waals surface area contributed by atoms with Crippen LogP contribution in [0.4, 0.5) is 0 Å². The lowest BCUT2D eigenvalue weighted by Gasteiger charge is -2.02. The molecule has 0 atom stereocenters. The molecule has 2 aromatic heterocycles. The van der Waals surface area contributed by atoms with Gasteiger partial charge in [0, 0.05) is 18.6 Å². The normalized spacial score (nSPS) is 11.6. The molecule has 0 radical (unpaired) electrons. The summed E-state index contributed by atoms with van der Waals surface area (Å²) >= 11 is 0. The number of carbonyl (C=O) groups is 1. The summed E-state index contributed by atoms with van der Waals surface area (Å²) in [6, 6.07) is 0. The number of nitrogens with zero attached hydrogens (tertiary/aromatic N) is 3. The Morgan fingerprint density at radius 1 is 1.50 bits per heavy atom. The monoisotopic (exact) mass is 299 g/mol. The van der Waals surface area contributed by atoms with E-state index in [9.17, 15) is 13.2 Å². The Hall–Kier alpha value is -2.20. The second kappa shape index (κ2) is 5.84. The van der Waals surface area contributed by atoms with Crippen molar-refractivity contribution in [2.45, 2.75) is 24.4 Å². The third kappa shape index (κ3) is 3.65. The van der Waals surface area contributed by atoms with E-state index in [2.05, 4.69) is 19.8 Å². The first-order chi connectivity index (χ1) is 9.47. The van der Waals surface area contributed by atoms with Crippen LogP contribution in [-0.2, 0) is 27.9 Å². The number of nitrogens with one attached hydrogen (secondary N) is 2. The maximum atomic E-state index is 12.0. The quantitative estimate of drug-likeness (QED) is 0.635. The molecule has 0 unspecified atom stereocenters. The van der Waals surface area contributed by atoms with Gasteiger partial charge in [-0.3, -0.25) is 9.48 Å². The number of carboxylic acid groups (broad SMARTS) is 1. The summed E-state index contributed by atoms with van der Waals surface area (Å²) in [6.45, 7) is 0.151. The van der Waals surface area contributed by atoms with Crippen molar-refractivity contribution < 1.29 is 18.3 Å². The second-order valence-corrected chi connectivity index (χ2v) is 5.71. The predicted molar refractivity (Wildman–Crippen MR) is 67.1 cm³/mol. The Bertz CT molecular complexity index is 676. The molecule has 9 nitrogen and oxygen atoms in total. The number of aryl methyl sites for hydroxylation is 1. The summed E-state index contributed by atoms with van der Waals surface area (Å²) in [5.74, 6) is -0.479. The average molecular weight is 299 g/mol. The van der Waals surface area contributed by atoms with Crippen LogP contribution in [0.5, 0.6) is 0 Å². The number of H-pyrrole nitrogens is 1. The summed E-state index contributed by atoms with van der Waals surface area (Å²) < 4.78 is 27.6. The van der Waals surface area contributed by atoms with Crippen LogP contribution in [0.2, 0.25) is 0 Å². The zero-order valence-electron chi connectivity index (χ0n) is 10.4. The number of aromatic nitrogens is 4. The number of aliphatic carboxylic acids is 1. The average Bonchev–Trinajstić information content (AvgIpc) is 3.05. The van der Waals surface area contributed by atoms with E-state index in [1.165, 1.54) is 23.3 Å². The molecule has 3 N–H and O–H groups in total. The summed E-state index contributed by atoms with van der Waals surface area (Å²) in [5, 5.41) is 12.4. The Labute approximate surface area is 114 Å². The van der Waals surface area contributed by atoms with Crippen LogP contribution in [0.15, 0.2) is 29.7 Å². The Balaban J connectivity index is 2.00. The van der Waals surface area contributed by atoms with E-state index in [4.69, 9.17) is 5.11 Å². The summed E-state index contributed by atoms with van der Waals surface area (Å²) in [6.07, 6.45) is 5.45. The lowest BCUT2D eigenvalue weighted by molar-refractivity contribution is -0.137. The lowest BCUT2D eigenvalue weighted by atomic mass is 10.4. The van der Waals surface area contributed by atoms with Crippen molar-refractivity contribution in [2.24, 2.45) is 0 Å². The fourth-order valence-corrected chi connectivity index (χ4v) is 2.40. The minimum Gasteiger partial charge on any atom is -0.481 e. The van der Waals surface area contributed by atoms with Gasteiger partial charge in [0.05, 0.1) is 25.7 Å². The van der Waals surface area contributed by atoms with Crippen LogP contribution < -0.4 is 4.72 Å². The third-order valence-electron chi connectivity index (χ3n) is 2.46. The van der Waals surface area contributed by atoms with Crippen LogP contribution in [0, 0.1) is 0 Å². The van der Waals surface area contributed by atoms with Gasteiger partial charge in [-0.15, -0.1) is 0 Å². The number of carboxylic acids is 1. The van der Waals surface area contributed by atoms with Crippen molar-refractivity contribution in [3.05, 3.63) is 30.6 Å². The molecule has 0 fully saturated rings. The minimum atomic E-state index is -3.69. The molecule has 20 heavy (non-hydrogen) atoms. The van der Waals surface area contributed by atoms with Gasteiger partial charge in [-0.05, 0) is 0 Å². The maximum absolute atomic E-state index is 12.0. The predicted octanol–water partition coefficient (Wildman–Crippen LogP) is -0.441. The number of rotatable bonds is 7. The van der Waals surface area contributed by atoms with Crippen LogP contribution >= 0.6 is 0 Å². The zero-order valence-corrected chi connectivity index (χ0v) is 11.2. The first kappa shape index (κ1) is 14.2. The maximum Gasteiger partial charge on any atom is 0.305 e. The highest BCUT2D eigenvalue weighted by molar-refractivity contribution is 7.89. The molecule has 0 amide bonds. The van der Waals surface area contributed by atoms with Crippen LogP contribution in [0.1, 0.15) is 12.2 Å². The molecule has 108 valence electrons. The van der Waals surface area contributed by atoms with Crippen LogP contribution in [-0.4, -0.2) is 39.2 Å². The number of hydrogen-bond donors (Lipinski definition) is 3. The van der Waals surface area contributed by atoms with E-state index in [1.807, 2.05) is 0 Å². The first-order valence-corrected chi connectivity index (χ1v) is 7.18. The van der Waals surface area contributed by atoms with Gasteiger partial charge >= 0.3 is 5.97 Å².